The van der Waals surface area contributed by atoms with E-state index in [1.54, 1.807) is 19.1 Å². The summed E-state index contributed by atoms with van der Waals surface area (Å²) < 4.78 is 27.4. The first-order chi connectivity index (χ1) is 12.2. The lowest BCUT2D eigenvalue weighted by Crippen LogP contribution is -2.48. The summed E-state index contributed by atoms with van der Waals surface area (Å²) in [6.45, 7) is 2.65. The van der Waals surface area contributed by atoms with Crippen LogP contribution in [-0.4, -0.2) is 49.9 Å². The third-order valence-electron chi connectivity index (χ3n) is 5.15. The van der Waals surface area contributed by atoms with Crippen LogP contribution in [0.15, 0.2) is 29.2 Å². The minimum absolute atomic E-state index is 0.0574. The van der Waals surface area contributed by atoms with E-state index in [-0.39, 0.29) is 22.9 Å². The van der Waals surface area contributed by atoms with Gasteiger partial charge in [-0.1, -0.05) is 6.07 Å². The Balaban J connectivity index is 1.76. The lowest BCUT2D eigenvalue weighted by Gasteiger charge is -2.37. The number of benzene rings is 1. The molecule has 0 radical (unpaired) electrons. The summed E-state index contributed by atoms with van der Waals surface area (Å²) in [5, 5.41) is 9.40. The largest absolute Gasteiger partial charge is 0.481 e. The average molecular weight is 380 g/mol. The van der Waals surface area contributed by atoms with E-state index in [0.29, 0.717) is 31.8 Å². The van der Waals surface area contributed by atoms with Crippen molar-refractivity contribution < 1.29 is 23.1 Å². The van der Waals surface area contributed by atoms with Crippen molar-refractivity contribution in [2.24, 2.45) is 11.3 Å². The molecule has 0 aromatic heterocycles. The standard InChI is InChI=1S/C18H24N2O5S/c1-18(17(22)23)8-3-9-20(12-18)16(21)14-4-2-5-15(10-14)26(24,25)19-11-13-6-7-13/h2,4-5,10,13,19H,3,6-9,11-12H2,1H3,(H,22,23). The summed E-state index contributed by atoms with van der Waals surface area (Å²) in [6, 6.07) is 5.93. The van der Waals surface area contributed by atoms with Crippen LogP contribution in [0.3, 0.4) is 0 Å². The highest BCUT2D eigenvalue weighted by molar-refractivity contribution is 7.89. The van der Waals surface area contributed by atoms with E-state index in [0.717, 1.165) is 12.8 Å². The Kier molecular flexibility index (Phi) is 5.07. The molecule has 1 aromatic rings. The van der Waals surface area contributed by atoms with Crippen molar-refractivity contribution in [3.05, 3.63) is 29.8 Å². The predicted octanol–water partition coefficient (Wildman–Crippen LogP) is 1.70. The minimum Gasteiger partial charge on any atom is -0.481 e. The Morgan fingerprint density at radius 1 is 1.35 bits per heavy atom. The van der Waals surface area contributed by atoms with Crippen LogP contribution in [0.5, 0.6) is 0 Å². The first-order valence-electron chi connectivity index (χ1n) is 8.84. The summed E-state index contributed by atoms with van der Waals surface area (Å²) >= 11 is 0. The van der Waals surface area contributed by atoms with Gasteiger partial charge < -0.3 is 10.0 Å². The SMILES string of the molecule is CC1(C(=O)O)CCCN(C(=O)c2cccc(S(=O)(=O)NCC3CC3)c2)C1. The maximum atomic E-state index is 12.8. The number of amides is 1. The van der Waals surface area contributed by atoms with Gasteiger partial charge in [0.05, 0.1) is 10.3 Å². The number of piperidine rings is 1. The fraction of sp³-hybridized carbons (Fsp3) is 0.556. The molecule has 1 aliphatic heterocycles. The highest BCUT2D eigenvalue weighted by Crippen LogP contribution is 2.31. The van der Waals surface area contributed by atoms with Gasteiger partial charge in [0.25, 0.3) is 5.91 Å². The predicted molar refractivity (Wildman–Crippen MR) is 95.2 cm³/mol. The number of hydrogen-bond donors (Lipinski definition) is 2. The van der Waals surface area contributed by atoms with Gasteiger partial charge in [-0.3, -0.25) is 9.59 Å². The molecule has 2 N–H and O–H groups in total. The molecule has 142 valence electrons. The second-order valence-corrected chi connectivity index (χ2v) is 9.29. The van der Waals surface area contributed by atoms with Gasteiger partial charge in [-0.2, -0.15) is 0 Å². The van der Waals surface area contributed by atoms with Gasteiger partial charge in [-0.05, 0) is 56.7 Å². The van der Waals surface area contributed by atoms with Crippen LogP contribution < -0.4 is 4.72 Å². The van der Waals surface area contributed by atoms with Gasteiger partial charge in [0.15, 0.2) is 0 Å². The van der Waals surface area contributed by atoms with E-state index in [1.807, 2.05) is 0 Å². The van der Waals surface area contributed by atoms with Gasteiger partial charge in [-0.15, -0.1) is 0 Å². The fourth-order valence-corrected chi connectivity index (χ4v) is 4.36. The second kappa shape index (κ2) is 7.00. The van der Waals surface area contributed by atoms with Crippen LogP contribution in [0, 0.1) is 11.3 Å². The molecule has 2 aliphatic rings. The lowest BCUT2D eigenvalue weighted by atomic mass is 9.82. The number of carbonyl (C=O) groups excluding carboxylic acids is 1. The van der Waals surface area contributed by atoms with Crippen molar-refractivity contribution in [2.45, 2.75) is 37.5 Å². The van der Waals surface area contributed by atoms with Gasteiger partial charge in [0.2, 0.25) is 10.0 Å². The number of carbonyl (C=O) groups is 2. The zero-order valence-electron chi connectivity index (χ0n) is 14.8. The van der Waals surface area contributed by atoms with E-state index in [1.165, 1.54) is 17.0 Å². The highest BCUT2D eigenvalue weighted by Gasteiger charge is 2.39. The fourth-order valence-electron chi connectivity index (χ4n) is 3.20. The van der Waals surface area contributed by atoms with Crippen molar-refractivity contribution in [1.82, 2.24) is 9.62 Å². The molecule has 1 aliphatic carbocycles. The highest BCUT2D eigenvalue weighted by atomic mass is 32.2. The van der Waals surface area contributed by atoms with Crippen molar-refractivity contribution in [3.8, 4) is 0 Å². The van der Waals surface area contributed by atoms with Crippen LogP contribution in [0.4, 0.5) is 0 Å². The topological polar surface area (TPSA) is 104 Å². The molecular formula is C18H24N2O5S. The molecule has 3 rings (SSSR count). The van der Waals surface area contributed by atoms with Gasteiger partial charge >= 0.3 is 5.97 Å². The number of nitrogens with zero attached hydrogens (tertiary/aromatic N) is 1. The summed E-state index contributed by atoms with van der Waals surface area (Å²) in [6.07, 6.45) is 3.21. The van der Waals surface area contributed by atoms with Crippen molar-refractivity contribution in [3.63, 3.8) is 0 Å². The summed E-state index contributed by atoms with van der Waals surface area (Å²) in [5.74, 6) is -0.844. The summed E-state index contributed by atoms with van der Waals surface area (Å²) in [4.78, 5) is 25.8. The number of likely N-dealkylation sites (tertiary alicyclic amines) is 1. The Hall–Kier alpha value is -1.93. The van der Waals surface area contributed by atoms with E-state index < -0.39 is 21.4 Å². The molecule has 0 spiro atoms. The van der Waals surface area contributed by atoms with E-state index in [2.05, 4.69) is 4.72 Å². The molecule has 1 aromatic carbocycles. The maximum absolute atomic E-state index is 12.8. The number of carboxylic acids is 1. The summed E-state index contributed by atoms with van der Waals surface area (Å²) in [5.41, 5.74) is -0.711. The average Bonchev–Trinajstić information content (AvgIpc) is 3.44. The number of sulfonamides is 1. The molecule has 1 unspecified atom stereocenters. The van der Waals surface area contributed by atoms with Crippen molar-refractivity contribution in [1.29, 1.82) is 0 Å². The van der Waals surface area contributed by atoms with E-state index in [9.17, 15) is 23.1 Å². The first-order valence-corrected chi connectivity index (χ1v) is 10.3. The number of nitrogens with one attached hydrogen (secondary N) is 1. The Morgan fingerprint density at radius 3 is 2.73 bits per heavy atom. The van der Waals surface area contributed by atoms with E-state index in [4.69, 9.17) is 0 Å². The number of carboxylic acid groups (broad SMARTS) is 1. The van der Waals surface area contributed by atoms with Gasteiger partial charge in [0, 0.05) is 25.2 Å². The summed E-state index contributed by atoms with van der Waals surface area (Å²) in [7, 11) is -3.65. The van der Waals surface area contributed by atoms with E-state index >= 15 is 0 Å². The Labute approximate surface area is 153 Å². The molecule has 26 heavy (non-hydrogen) atoms. The Bertz CT molecular complexity index is 819. The smallest absolute Gasteiger partial charge is 0.311 e. The monoisotopic (exact) mass is 380 g/mol. The second-order valence-electron chi connectivity index (χ2n) is 7.52. The zero-order valence-corrected chi connectivity index (χ0v) is 15.6. The molecule has 1 heterocycles. The van der Waals surface area contributed by atoms with Crippen LogP contribution >= 0.6 is 0 Å². The Morgan fingerprint density at radius 2 is 2.08 bits per heavy atom. The third kappa shape index (κ3) is 4.07. The maximum Gasteiger partial charge on any atom is 0.311 e. The molecule has 7 nitrogen and oxygen atoms in total. The van der Waals surface area contributed by atoms with Crippen molar-refractivity contribution >= 4 is 21.9 Å². The quantitative estimate of drug-likeness (QED) is 0.782. The minimum atomic E-state index is -3.65. The van der Waals surface area contributed by atoms with Gasteiger partial charge in [-0.25, -0.2) is 13.1 Å². The first kappa shape index (κ1) is 18.8. The molecule has 2 fully saturated rings. The number of aliphatic carboxylic acids is 1. The van der Waals surface area contributed by atoms with Crippen LogP contribution in [0.2, 0.25) is 0 Å². The lowest BCUT2D eigenvalue weighted by molar-refractivity contribution is -0.150. The third-order valence-corrected chi connectivity index (χ3v) is 6.57. The zero-order chi connectivity index (χ0) is 18.9. The molecular weight excluding hydrogens is 356 g/mol. The van der Waals surface area contributed by atoms with Crippen molar-refractivity contribution in [2.75, 3.05) is 19.6 Å². The molecule has 1 saturated carbocycles. The molecule has 0 bridgehead atoms. The number of hydrogen-bond acceptors (Lipinski definition) is 4. The normalized spacial score (nSPS) is 23.7. The molecule has 1 amide bonds. The molecule has 1 saturated heterocycles. The number of rotatable bonds is 6. The van der Waals surface area contributed by atoms with Crippen LogP contribution in [0.1, 0.15) is 43.0 Å². The molecule has 8 heteroatoms. The van der Waals surface area contributed by atoms with Crippen LogP contribution in [0.25, 0.3) is 0 Å². The molecule has 1 atom stereocenters. The van der Waals surface area contributed by atoms with Gasteiger partial charge in [0.1, 0.15) is 0 Å². The van der Waals surface area contributed by atoms with Crippen LogP contribution in [-0.2, 0) is 14.8 Å².